The second-order valence-corrected chi connectivity index (χ2v) is 4.66. The van der Waals surface area contributed by atoms with Crippen molar-refractivity contribution in [1.29, 1.82) is 0 Å². The Morgan fingerprint density at radius 2 is 2.21 bits per heavy atom. The van der Waals surface area contributed by atoms with Crippen molar-refractivity contribution in [3.63, 3.8) is 0 Å². The highest BCUT2D eigenvalue weighted by Crippen LogP contribution is 2.39. The fraction of sp³-hybridized carbons (Fsp3) is 0.500. The highest BCUT2D eigenvalue weighted by Gasteiger charge is 2.26. The van der Waals surface area contributed by atoms with Gasteiger partial charge in [-0.1, -0.05) is 6.07 Å². The summed E-state index contributed by atoms with van der Waals surface area (Å²) in [5.41, 5.74) is 7.48. The van der Waals surface area contributed by atoms with Crippen LogP contribution in [0.15, 0.2) is 18.2 Å². The predicted octanol–water partition coefficient (Wildman–Crippen LogP) is 1.22. The molecule has 0 atom stereocenters. The smallest absolute Gasteiger partial charge is 0.228 e. The van der Waals surface area contributed by atoms with Crippen LogP contribution in [0.2, 0.25) is 0 Å². The van der Waals surface area contributed by atoms with Gasteiger partial charge in [0.25, 0.3) is 0 Å². The van der Waals surface area contributed by atoms with E-state index in [1.54, 1.807) is 19.1 Å². The number of rotatable bonds is 4. The third-order valence-corrected chi connectivity index (χ3v) is 3.48. The molecule has 104 valence electrons. The highest BCUT2D eigenvalue weighted by molar-refractivity contribution is 6.00. The van der Waals surface area contributed by atoms with E-state index < -0.39 is 0 Å². The third-order valence-electron chi connectivity index (χ3n) is 3.48. The second kappa shape index (κ2) is 5.93. The summed E-state index contributed by atoms with van der Waals surface area (Å²) in [7, 11) is 3.43. The molecule has 0 bridgehead atoms. The maximum atomic E-state index is 12.1. The van der Waals surface area contributed by atoms with Crippen LogP contribution in [0.1, 0.15) is 12.8 Å². The van der Waals surface area contributed by atoms with E-state index in [9.17, 15) is 4.79 Å². The van der Waals surface area contributed by atoms with Gasteiger partial charge in [-0.2, -0.15) is 0 Å². The number of amides is 1. The van der Waals surface area contributed by atoms with Gasteiger partial charge in [0.05, 0.1) is 12.8 Å². The Morgan fingerprint density at radius 1 is 1.42 bits per heavy atom. The summed E-state index contributed by atoms with van der Waals surface area (Å²) in [4.78, 5) is 16.0. The Hall–Kier alpha value is -1.75. The van der Waals surface area contributed by atoms with Crippen molar-refractivity contribution in [1.82, 2.24) is 0 Å². The molecule has 0 aromatic heterocycles. The third kappa shape index (κ3) is 2.66. The Morgan fingerprint density at radius 3 is 2.89 bits per heavy atom. The highest BCUT2D eigenvalue weighted by atomic mass is 16.5. The van der Waals surface area contributed by atoms with E-state index >= 15 is 0 Å². The Balaban J connectivity index is 2.44. The van der Waals surface area contributed by atoms with E-state index in [-0.39, 0.29) is 5.91 Å². The molecule has 1 aliphatic rings. The lowest BCUT2D eigenvalue weighted by atomic mass is 10.2. The molecular formula is C14H21N3O2. The Labute approximate surface area is 113 Å². The minimum Gasteiger partial charge on any atom is -0.494 e. The van der Waals surface area contributed by atoms with Crippen LogP contribution in [0.25, 0.3) is 0 Å². The number of fused-ring (bicyclic) bond motifs is 1. The van der Waals surface area contributed by atoms with E-state index in [1.165, 1.54) is 0 Å². The molecule has 0 spiro atoms. The zero-order chi connectivity index (χ0) is 13.8. The minimum atomic E-state index is 0.112. The fourth-order valence-electron chi connectivity index (χ4n) is 2.43. The van der Waals surface area contributed by atoms with Gasteiger partial charge in [-0.15, -0.1) is 0 Å². The van der Waals surface area contributed by atoms with Gasteiger partial charge in [-0.05, 0) is 25.1 Å². The predicted molar refractivity (Wildman–Crippen MR) is 76.9 cm³/mol. The van der Waals surface area contributed by atoms with Crippen LogP contribution < -0.4 is 20.3 Å². The summed E-state index contributed by atoms with van der Waals surface area (Å²) in [6, 6.07) is 5.87. The van der Waals surface area contributed by atoms with Crippen molar-refractivity contribution in [2.75, 3.05) is 43.6 Å². The first-order valence-electron chi connectivity index (χ1n) is 6.57. The van der Waals surface area contributed by atoms with Gasteiger partial charge >= 0.3 is 0 Å². The van der Waals surface area contributed by atoms with Gasteiger partial charge in [0.1, 0.15) is 11.4 Å². The number of methoxy groups -OCH3 is 1. The second-order valence-electron chi connectivity index (χ2n) is 4.66. The molecule has 1 amide bonds. The summed E-state index contributed by atoms with van der Waals surface area (Å²) >= 11 is 0. The van der Waals surface area contributed by atoms with Crippen molar-refractivity contribution in [3.8, 4) is 5.75 Å². The molecule has 0 saturated carbocycles. The van der Waals surface area contributed by atoms with Crippen molar-refractivity contribution in [3.05, 3.63) is 18.2 Å². The van der Waals surface area contributed by atoms with Gasteiger partial charge in [0, 0.05) is 26.6 Å². The van der Waals surface area contributed by atoms with Crippen LogP contribution in [0.3, 0.4) is 0 Å². The number of hydrogen-bond acceptors (Lipinski definition) is 4. The van der Waals surface area contributed by atoms with Gasteiger partial charge in [-0.3, -0.25) is 4.79 Å². The molecular weight excluding hydrogens is 242 g/mol. The lowest BCUT2D eigenvalue weighted by molar-refractivity contribution is -0.118. The van der Waals surface area contributed by atoms with Crippen molar-refractivity contribution >= 4 is 17.3 Å². The average molecular weight is 263 g/mol. The van der Waals surface area contributed by atoms with Gasteiger partial charge in [0.2, 0.25) is 5.91 Å². The minimum absolute atomic E-state index is 0.112. The number of nitrogens with two attached hydrogens (primary N) is 1. The SMILES string of the molecule is COc1cccc2c1N(C)C(=O)CCN2CCCN. The van der Waals surface area contributed by atoms with E-state index in [2.05, 4.69) is 4.90 Å². The first kappa shape index (κ1) is 13.7. The van der Waals surface area contributed by atoms with E-state index in [0.29, 0.717) is 13.0 Å². The molecule has 0 saturated heterocycles. The lowest BCUT2D eigenvalue weighted by Gasteiger charge is -2.26. The van der Waals surface area contributed by atoms with Crippen LogP contribution in [0, 0.1) is 0 Å². The molecule has 5 heteroatoms. The Bertz CT molecular complexity index is 462. The molecule has 0 fully saturated rings. The molecule has 1 aliphatic heterocycles. The van der Waals surface area contributed by atoms with E-state index in [0.717, 1.165) is 36.6 Å². The summed E-state index contributed by atoms with van der Waals surface area (Å²) in [6.45, 7) is 2.24. The number of benzene rings is 1. The molecule has 1 heterocycles. The molecule has 2 rings (SSSR count). The van der Waals surface area contributed by atoms with E-state index in [4.69, 9.17) is 10.5 Å². The van der Waals surface area contributed by atoms with Crippen LogP contribution in [0.5, 0.6) is 5.75 Å². The number of carbonyl (C=O) groups excluding carboxylic acids is 1. The number of hydrogen-bond donors (Lipinski definition) is 1. The van der Waals surface area contributed by atoms with Crippen molar-refractivity contribution < 1.29 is 9.53 Å². The molecule has 1 aromatic rings. The molecule has 2 N–H and O–H groups in total. The summed E-state index contributed by atoms with van der Waals surface area (Å²) in [5.74, 6) is 0.842. The summed E-state index contributed by atoms with van der Waals surface area (Å²) in [6.07, 6.45) is 1.42. The summed E-state index contributed by atoms with van der Waals surface area (Å²) < 4.78 is 5.39. The lowest BCUT2D eigenvalue weighted by Crippen LogP contribution is -2.27. The van der Waals surface area contributed by atoms with Gasteiger partial charge in [0.15, 0.2) is 0 Å². The molecule has 5 nitrogen and oxygen atoms in total. The van der Waals surface area contributed by atoms with Crippen LogP contribution in [-0.2, 0) is 4.79 Å². The standard InChI is InChI=1S/C14H21N3O2/c1-16-13(18)7-10-17(9-4-8-15)11-5-3-6-12(19-2)14(11)16/h3,5-6H,4,7-10,15H2,1-2H3. The number of carbonyl (C=O) groups is 1. The quantitative estimate of drug-likeness (QED) is 0.887. The normalized spacial score (nSPS) is 15.2. The molecule has 0 aliphatic carbocycles. The van der Waals surface area contributed by atoms with Crippen LogP contribution in [0.4, 0.5) is 11.4 Å². The zero-order valence-electron chi connectivity index (χ0n) is 11.6. The molecule has 1 aromatic carbocycles. The van der Waals surface area contributed by atoms with Gasteiger partial charge in [-0.25, -0.2) is 0 Å². The maximum Gasteiger partial charge on any atom is 0.228 e. The molecule has 19 heavy (non-hydrogen) atoms. The maximum absolute atomic E-state index is 12.1. The molecule has 0 radical (unpaired) electrons. The van der Waals surface area contributed by atoms with Crippen molar-refractivity contribution in [2.45, 2.75) is 12.8 Å². The van der Waals surface area contributed by atoms with Crippen LogP contribution in [-0.4, -0.2) is 39.7 Å². The first-order chi connectivity index (χ1) is 9.19. The number of anilines is 2. The van der Waals surface area contributed by atoms with Crippen LogP contribution >= 0.6 is 0 Å². The molecule has 0 unspecified atom stereocenters. The fourth-order valence-corrected chi connectivity index (χ4v) is 2.43. The first-order valence-corrected chi connectivity index (χ1v) is 6.57. The zero-order valence-corrected chi connectivity index (χ0v) is 11.6. The Kier molecular flexibility index (Phi) is 4.27. The largest absolute Gasteiger partial charge is 0.494 e. The van der Waals surface area contributed by atoms with Gasteiger partial charge < -0.3 is 20.3 Å². The average Bonchev–Trinajstić information content (AvgIpc) is 2.56. The summed E-state index contributed by atoms with van der Waals surface area (Å²) in [5, 5.41) is 0. The van der Waals surface area contributed by atoms with Crippen molar-refractivity contribution in [2.24, 2.45) is 5.73 Å². The van der Waals surface area contributed by atoms with E-state index in [1.807, 2.05) is 18.2 Å². The number of ether oxygens (including phenoxy) is 1. The topological polar surface area (TPSA) is 58.8 Å². The monoisotopic (exact) mass is 263 g/mol. The number of nitrogens with zero attached hydrogens (tertiary/aromatic N) is 2. The number of para-hydroxylation sites is 1.